The predicted molar refractivity (Wildman–Crippen MR) is 153 cm³/mol. The van der Waals surface area contributed by atoms with Crippen molar-refractivity contribution in [3.8, 4) is 22.8 Å². The first kappa shape index (κ1) is 25.9. The molecule has 196 valence electrons. The predicted octanol–water partition coefficient (Wildman–Crippen LogP) is 5.47. The molecular weight excluding hydrogens is 494 g/mol. The summed E-state index contributed by atoms with van der Waals surface area (Å²) < 4.78 is 7.62. The zero-order chi connectivity index (χ0) is 26.3. The summed E-state index contributed by atoms with van der Waals surface area (Å²) in [6.45, 7) is 5.16. The van der Waals surface area contributed by atoms with Crippen LogP contribution in [0.25, 0.3) is 17.1 Å². The molecule has 0 radical (unpaired) electrons. The highest BCUT2D eigenvalue weighted by Gasteiger charge is 2.23. The number of amides is 1. The molecule has 1 aromatic heterocycles. The fraction of sp³-hybridized carbons (Fsp3) is 0.300. The van der Waals surface area contributed by atoms with Crippen LogP contribution in [0, 0.1) is 6.92 Å². The lowest BCUT2D eigenvalue weighted by Gasteiger charge is -2.36. The molecule has 0 spiro atoms. The standard InChI is InChI=1S/C30H33N5O2S/c1-23-14-16-25(17-15-23)35-29(24-9-4-3-5-10-24)31-32-30(35)38-22-8-13-28(36)34-20-18-33(19-21-34)26-11-6-7-12-27(26)37-2/h3-7,9-12,14-17H,8,13,18-22H2,1-2H3. The number of hydrogen-bond donors (Lipinski definition) is 0. The van der Waals surface area contributed by atoms with Crippen molar-refractivity contribution >= 4 is 23.4 Å². The lowest BCUT2D eigenvalue weighted by Crippen LogP contribution is -2.48. The number of piperazine rings is 1. The summed E-state index contributed by atoms with van der Waals surface area (Å²) in [5.74, 6) is 2.71. The highest BCUT2D eigenvalue weighted by molar-refractivity contribution is 7.99. The second kappa shape index (κ2) is 12.2. The number of nitrogens with zero attached hydrogens (tertiary/aromatic N) is 5. The van der Waals surface area contributed by atoms with Gasteiger partial charge >= 0.3 is 0 Å². The van der Waals surface area contributed by atoms with E-state index >= 15 is 0 Å². The van der Waals surface area contributed by atoms with Crippen molar-refractivity contribution in [3.05, 3.63) is 84.4 Å². The van der Waals surface area contributed by atoms with Crippen molar-refractivity contribution in [2.75, 3.05) is 43.9 Å². The Hall–Kier alpha value is -3.78. The molecule has 1 aliphatic rings. The van der Waals surface area contributed by atoms with Crippen molar-refractivity contribution in [1.82, 2.24) is 19.7 Å². The van der Waals surface area contributed by atoms with Gasteiger partial charge in [0.05, 0.1) is 12.8 Å². The maximum atomic E-state index is 12.9. The van der Waals surface area contributed by atoms with Crippen LogP contribution < -0.4 is 9.64 Å². The van der Waals surface area contributed by atoms with Crippen LogP contribution in [0.15, 0.2) is 84.0 Å². The minimum absolute atomic E-state index is 0.218. The zero-order valence-electron chi connectivity index (χ0n) is 21.9. The molecule has 1 aliphatic heterocycles. The van der Waals surface area contributed by atoms with Crippen LogP contribution in [-0.4, -0.2) is 64.6 Å². The molecule has 3 aromatic carbocycles. The third-order valence-electron chi connectivity index (χ3n) is 6.78. The van der Waals surface area contributed by atoms with Gasteiger partial charge in [0.1, 0.15) is 5.75 Å². The average molecular weight is 528 g/mol. The Morgan fingerprint density at radius 2 is 1.61 bits per heavy atom. The molecule has 0 aliphatic carbocycles. The van der Waals surface area contributed by atoms with Gasteiger partial charge in [-0.2, -0.15) is 0 Å². The van der Waals surface area contributed by atoms with E-state index in [4.69, 9.17) is 4.74 Å². The van der Waals surface area contributed by atoms with Gasteiger partial charge in [-0.1, -0.05) is 71.9 Å². The summed E-state index contributed by atoms with van der Waals surface area (Å²) in [5.41, 5.74) is 4.35. The van der Waals surface area contributed by atoms with Gasteiger partial charge in [-0.15, -0.1) is 10.2 Å². The SMILES string of the molecule is COc1ccccc1N1CCN(C(=O)CCCSc2nnc(-c3ccccc3)n2-c2ccc(C)cc2)CC1. The second-order valence-corrected chi connectivity index (χ2v) is 10.4. The molecule has 5 rings (SSSR count). The first-order valence-electron chi connectivity index (χ1n) is 13.0. The molecule has 7 nitrogen and oxygen atoms in total. The molecule has 38 heavy (non-hydrogen) atoms. The zero-order valence-corrected chi connectivity index (χ0v) is 22.7. The number of aryl methyl sites for hydroxylation is 1. The lowest BCUT2D eigenvalue weighted by molar-refractivity contribution is -0.131. The number of hydrogen-bond acceptors (Lipinski definition) is 6. The highest BCUT2D eigenvalue weighted by Crippen LogP contribution is 2.30. The van der Waals surface area contributed by atoms with Crippen molar-refractivity contribution < 1.29 is 9.53 Å². The van der Waals surface area contributed by atoms with Gasteiger partial charge in [0.15, 0.2) is 11.0 Å². The van der Waals surface area contributed by atoms with E-state index in [2.05, 4.69) is 69.1 Å². The van der Waals surface area contributed by atoms with E-state index in [-0.39, 0.29) is 5.91 Å². The van der Waals surface area contributed by atoms with E-state index < -0.39 is 0 Å². The van der Waals surface area contributed by atoms with E-state index in [1.54, 1.807) is 18.9 Å². The largest absolute Gasteiger partial charge is 0.495 e. The molecular formula is C30H33N5O2S. The van der Waals surface area contributed by atoms with Gasteiger partial charge in [-0.25, -0.2) is 0 Å². The topological polar surface area (TPSA) is 63.5 Å². The summed E-state index contributed by atoms with van der Waals surface area (Å²) in [5, 5.41) is 9.87. The molecule has 4 aromatic rings. The number of benzene rings is 3. The van der Waals surface area contributed by atoms with Gasteiger partial charge in [0, 0.05) is 49.6 Å². The summed E-state index contributed by atoms with van der Waals surface area (Å²) in [6, 6.07) is 26.6. The minimum atomic E-state index is 0.218. The normalized spacial score (nSPS) is 13.5. The summed E-state index contributed by atoms with van der Waals surface area (Å²) in [4.78, 5) is 17.2. The molecule has 2 heterocycles. The Bertz CT molecular complexity index is 1350. The third-order valence-corrected chi connectivity index (χ3v) is 7.80. The van der Waals surface area contributed by atoms with E-state index in [0.717, 1.165) is 72.0 Å². The van der Waals surface area contributed by atoms with E-state index in [0.29, 0.717) is 6.42 Å². The average Bonchev–Trinajstić information content (AvgIpc) is 3.40. The second-order valence-electron chi connectivity index (χ2n) is 9.33. The number of carbonyl (C=O) groups excluding carboxylic acids is 1. The Labute approximate surface area is 228 Å². The van der Waals surface area contributed by atoms with Gasteiger partial charge < -0.3 is 14.5 Å². The number of methoxy groups -OCH3 is 1. The Balaban J connectivity index is 1.17. The van der Waals surface area contributed by atoms with Crippen LogP contribution >= 0.6 is 11.8 Å². The maximum absolute atomic E-state index is 12.9. The number of thioether (sulfide) groups is 1. The van der Waals surface area contributed by atoms with Crippen LogP contribution in [0.4, 0.5) is 5.69 Å². The van der Waals surface area contributed by atoms with Gasteiger partial charge in [-0.3, -0.25) is 9.36 Å². The van der Waals surface area contributed by atoms with E-state index in [1.807, 2.05) is 41.3 Å². The number of para-hydroxylation sites is 2. The molecule has 1 fully saturated rings. The molecule has 0 saturated carbocycles. The number of aromatic nitrogens is 3. The van der Waals surface area contributed by atoms with Gasteiger partial charge in [-0.05, 0) is 37.6 Å². The molecule has 1 saturated heterocycles. The Morgan fingerprint density at radius 3 is 2.34 bits per heavy atom. The fourth-order valence-corrected chi connectivity index (χ4v) is 5.59. The van der Waals surface area contributed by atoms with Crippen molar-refractivity contribution in [2.45, 2.75) is 24.9 Å². The van der Waals surface area contributed by atoms with Crippen molar-refractivity contribution in [2.24, 2.45) is 0 Å². The molecule has 1 amide bonds. The summed E-state index contributed by atoms with van der Waals surface area (Å²) in [6.07, 6.45) is 1.32. The van der Waals surface area contributed by atoms with Gasteiger partial charge in [0.25, 0.3) is 0 Å². The summed E-state index contributed by atoms with van der Waals surface area (Å²) in [7, 11) is 1.70. The smallest absolute Gasteiger partial charge is 0.222 e. The Kier molecular flexibility index (Phi) is 8.28. The molecule has 0 bridgehead atoms. The number of ether oxygens (including phenoxy) is 1. The number of anilines is 1. The molecule has 0 atom stereocenters. The maximum Gasteiger partial charge on any atom is 0.222 e. The van der Waals surface area contributed by atoms with Crippen LogP contribution in [0.3, 0.4) is 0 Å². The van der Waals surface area contributed by atoms with Crippen molar-refractivity contribution in [1.29, 1.82) is 0 Å². The first-order chi connectivity index (χ1) is 18.6. The van der Waals surface area contributed by atoms with E-state index in [9.17, 15) is 4.79 Å². The van der Waals surface area contributed by atoms with Gasteiger partial charge in [0.2, 0.25) is 5.91 Å². The van der Waals surface area contributed by atoms with Crippen LogP contribution in [0.1, 0.15) is 18.4 Å². The fourth-order valence-electron chi connectivity index (χ4n) is 4.70. The monoisotopic (exact) mass is 527 g/mol. The number of rotatable bonds is 9. The molecule has 8 heteroatoms. The third kappa shape index (κ3) is 5.86. The quantitative estimate of drug-likeness (QED) is 0.212. The molecule has 0 N–H and O–H groups in total. The number of carbonyl (C=O) groups is 1. The first-order valence-corrected chi connectivity index (χ1v) is 14.0. The molecule has 0 unspecified atom stereocenters. The van der Waals surface area contributed by atoms with Crippen molar-refractivity contribution in [3.63, 3.8) is 0 Å². The summed E-state index contributed by atoms with van der Waals surface area (Å²) >= 11 is 1.65. The Morgan fingerprint density at radius 1 is 0.895 bits per heavy atom. The van der Waals surface area contributed by atoms with Crippen LogP contribution in [-0.2, 0) is 4.79 Å². The van der Waals surface area contributed by atoms with Crippen LogP contribution in [0.5, 0.6) is 5.75 Å². The van der Waals surface area contributed by atoms with Crippen LogP contribution in [0.2, 0.25) is 0 Å². The van der Waals surface area contributed by atoms with E-state index in [1.165, 1.54) is 5.56 Å². The highest BCUT2D eigenvalue weighted by atomic mass is 32.2. The minimum Gasteiger partial charge on any atom is -0.495 e. The lowest BCUT2D eigenvalue weighted by atomic mass is 10.2.